The lowest BCUT2D eigenvalue weighted by Gasteiger charge is -2.05. The molecule has 1 saturated carbocycles. The first kappa shape index (κ1) is 12.4. The molecule has 1 fully saturated rings. The van der Waals surface area contributed by atoms with Gasteiger partial charge in [0, 0.05) is 12.5 Å². The number of ether oxygens (including phenoxy) is 1. The van der Waals surface area contributed by atoms with Crippen LogP contribution in [-0.4, -0.2) is 21.9 Å². The number of hydrogen-bond donors (Lipinski definition) is 1. The van der Waals surface area contributed by atoms with Crippen molar-refractivity contribution < 1.29 is 4.74 Å². The average molecular weight is 275 g/mol. The first-order valence-corrected chi connectivity index (χ1v) is 6.97. The molecule has 0 spiro atoms. The second kappa shape index (κ2) is 5.17. The van der Waals surface area contributed by atoms with Crippen molar-refractivity contribution in [3.05, 3.63) is 40.4 Å². The van der Waals surface area contributed by atoms with Gasteiger partial charge >= 0.3 is 0 Å². The number of aromatic amines is 1. The van der Waals surface area contributed by atoms with E-state index in [0.717, 1.165) is 29.2 Å². The predicted molar refractivity (Wildman–Crippen MR) is 76.1 cm³/mol. The van der Waals surface area contributed by atoms with Gasteiger partial charge in [0.25, 0.3) is 0 Å². The zero-order valence-electron chi connectivity index (χ0n) is 10.9. The van der Waals surface area contributed by atoms with Crippen LogP contribution in [0.3, 0.4) is 0 Å². The van der Waals surface area contributed by atoms with Gasteiger partial charge in [-0.1, -0.05) is 12.1 Å². The van der Waals surface area contributed by atoms with Crippen molar-refractivity contribution in [2.24, 2.45) is 0 Å². The molecular weight excluding hydrogens is 258 g/mol. The van der Waals surface area contributed by atoms with Crippen molar-refractivity contribution in [1.82, 2.24) is 14.8 Å². The van der Waals surface area contributed by atoms with Crippen molar-refractivity contribution in [2.75, 3.05) is 7.11 Å². The van der Waals surface area contributed by atoms with E-state index in [1.807, 2.05) is 12.1 Å². The first-order chi connectivity index (χ1) is 9.28. The van der Waals surface area contributed by atoms with Gasteiger partial charge in [-0.3, -0.25) is 5.10 Å². The minimum absolute atomic E-state index is 0.581. The van der Waals surface area contributed by atoms with Crippen LogP contribution in [0.15, 0.2) is 24.3 Å². The number of nitrogens with zero attached hydrogens (tertiary/aromatic N) is 2. The Balaban J connectivity index is 1.70. The molecule has 1 N–H and O–H groups in total. The first-order valence-electron chi connectivity index (χ1n) is 6.56. The standard InChI is InChI=1S/C14H17N3OS/c1-18-12-7-2-10(3-8-12)4-9-13-15-16-14(19)17(13)11-5-6-11/h2-3,7-8,11H,4-6,9H2,1H3,(H,16,19). The van der Waals surface area contributed by atoms with Crippen LogP contribution in [0.5, 0.6) is 5.75 Å². The molecule has 1 aromatic carbocycles. The van der Waals surface area contributed by atoms with Gasteiger partial charge in [0.1, 0.15) is 11.6 Å². The highest BCUT2D eigenvalue weighted by Crippen LogP contribution is 2.35. The number of aromatic nitrogens is 3. The molecule has 1 heterocycles. The highest BCUT2D eigenvalue weighted by atomic mass is 32.1. The summed E-state index contributed by atoms with van der Waals surface area (Å²) in [6.45, 7) is 0. The Morgan fingerprint density at radius 1 is 1.32 bits per heavy atom. The normalized spacial score (nSPS) is 14.6. The van der Waals surface area contributed by atoms with Crippen molar-refractivity contribution >= 4 is 12.2 Å². The van der Waals surface area contributed by atoms with E-state index in [4.69, 9.17) is 17.0 Å². The van der Waals surface area contributed by atoms with E-state index in [2.05, 4.69) is 26.9 Å². The summed E-state index contributed by atoms with van der Waals surface area (Å²) in [5.74, 6) is 1.97. The monoisotopic (exact) mass is 275 g/mol. The molecular formula is C14H17N3OS. The third-order valence-corrected chi connectivity index (χ3v) is 3.77. The molecule has 0 unspecified atom stereocenters. The molecule has 3 rings (SSSR count). The van der Waals surface area contributed by atoms with Gasteiger partial charge in [0.05, 0.1) is 7.11 Å². The van der Waals surface area contributed by atoms with E-state index in [0.29, 0.717) is 6.04 Å². The van der Waals surface area contributed by atoms with Gasteiger partial charge in [-0.25, -0.2) is 0 Å². The topological polar surface area (TPSA) is 42.8 Å². The highest BCUT2D eigenvalue weighted by Gasteiger charge is 2.26. The van der Waals surface area contributed by atoms with E-state index in [1.54, 1.807) is 7.11 Å². The van der Waals surface area contributed by atoms with Crippen molar-refractivity contribution in [2.45, 2.75) is 31.7 Å². The SMILES string of the molecule is COc1ccc(CCc2n[nH]c(=S)n2C2CC2)cc1. The van der Waals surface area contributed by atoms with E-state index < -0.39 is 0 Å². The summed E-state index contributed by atoms with van der Waals surface area (Å²) >= 11 is 5.28. The van der Waals surface area contributed by atoms with E-state index in [1.165, 1.54) is 18.4 Å². The van der Waals surface area contributed by atoms with Gasteiger partial charge < -0.3 is 9.30 Å². The molecule has 1 aliphatic carbocycles. The molecule has 5 heteroatoms. The van der Waals surface area contributed by atoms with Gasteiger partial charge in [0.15, 0.2) is 4.77 Å². The average Bonchev–Trinajstić information content (AvgIpc) is 3.21. The fourth-order valence-electron chi connectivity index (χ4n) is 2.27. The summed E-state index contributed by atoms with van der Waals surface area (Å²) < 4.78 is 8.10. The van der Waals surface area contributed by atoms with Crippen molar-refractivity contribution in [3.8, 4) is 5.75 Å². The summed E-state index contributed by atoms with van der Waals surface area (Å²) in [7, 11) is 1.68. The Bertz CT molecular complexity index is 610. The fourth-order valence-corrected chi connectivity index (χ4v) is 2.57. The summed E-state index contributed by atoms with van der Waals surface area (Å²) in [5.41, 5.74) is 1.29. The maximum absolute atomic E-state index is 5.28. The Morgan fingerprint density at radius 3 is 2.68 bits per heavy atom. The smallest absolute Gasteiger partial charge is 0.195 e. The number of benzene rings is 1. The maximum Gasteiger partial charge on any atom is 0.195 e. The highest BCUT2D eigenvalue weighted by molar-refractivity contribution is 7.71. The number of aryl methyl sites for hydroxylation is 2. The lowest BCUT2D eigenvalue weighted by molar-refractivity contribution is 0.414. The van der Waals surface area contributed by atoms with Crippen LogP contribution in [0.1, 0.15) is 30.3 Å². The molecule has 0 amide bonds. The molecule has 19 heavy (non-hydrogen) atoms. The van der Waals surface area contributed by atoms with Gasteiger partial charge in [0.2, 0.25) is 0 Å². The third kappa shape index (κ3) is 2.71. The summed E-state index contributed by atoms with van der Waals surface area (Å²) in [4.78, 5) is 0. The maximum atomic E-state index is 5.28. The fraction of sp³-hybridized carbons (Fsp3) is 0.429. The van der Waals surface area contributed by atoms with Crippen molar-refractivity contribution in [1.29, 1.82) is 0 Å². The number of rotatable bonds is 5. The Hall–Kier alpha value is -1.62. The molecule has 100 valence electrons. The number of nitrogens with one attached hydrogen (secondary N) is 1. The molecule has 1 aliphatic rings. The minimum Gasteiger partial charge on any atom is -0.497 e. The minimum atomic E-state index is 0.581. The van der Waals surface area contributed by atoms with E-state index >= 15 is 0 Å². The van der Waals surface area contributed by atoms with E-state index in [-0.39, 0.29) is 0 Å². The van der Waals surface area contributed by atoms with Crippen LogP contribution in [0.25, 0.3) is 0 Å². The van der Waals surface area contributed by atoms with Gasteiger partial charge in [-0.15, -0.1) is 0 Å². The number of methoxy groups -OCH3 is 1. The van der Waals surface area contributed by atoms with Crippen LogP contribution in [0, 0.1) is 4.77 Å². The molecule has 0 aliphatic heterocycles. The lowest BCUT2D eigenvalue weighted by atomic mass is 10.1. The predicted octanol–water partition coefficient (Wildman–Crippen LogP) is 3.07. The van der Waals surface area contributed by atoms with Gasteiger partial charge in [-0.2, -0.15) is 5.10 Å². The number of H-pyrrole nitrogens is 1. The third-order valence-electron chi connectivity index (χ3n) is 3.49. The second-order valence-corrected chi connectivity index (χ2v) is 5.28. The molecule has 0 saturated heterocycles. The Kier molecular flexibility index (Phi) is 3.38. The Labute approximate surface area is 117 Å². The largest absolute Gasteiger partial charge is 0.497 e. The molecule has 1 aromatic heterocycles. The van der Waals surface area contributed by atoms with Gasteiger partial charge in [-0.05, 0) is 49.2 Å². The molecule has 0 radical (unpaired) electrons. The zero-order valence-corrected chi connectivity index (χ0v) is 11.7. The van der Waals surface area contributed by atoms with Crippen LogP contribution >= 0.6 is 12.2 Å². The summed E-state index contributed by atoms with van der Waals surface area (Å²) in [6, 6.07) is 8.76. The molecule has 2 aromatic rings. The van der Waals surface area contributed by atoms with Crippen LogP contribution in [0.4, 0.5) is 0 Å². The van der Waals surface area contributed by atoms with Crippen LogP contribution in [-0.2, 0) is 12.8 Å². The quantitative estimate of drug-likeness (QED) is 0.853. The van der Waals surface area contributed by atoms with Crippen LogP contribution in [0.2, 0.25) is 0 Å². The van der Waals surface area contributed by atoms with Crippen LogP contribution < -0.4 is 4.74 Å². The lowest BCUT2D eigenvalue weighted by Crippen LogP contribution is -2.03. The van der Waals surface area contributed by atoms with Crippen molar-refractivity contribution in [3.63, 3.8) is 0 Å². The second-order valence-electron chi connectivity index (χ2n) is 4.89. The molecule has 0 bridgehead atoms. The number of hydrogen-bond acceptors (Lipinski definition) is 3. The summed E-state index contributed by atoms with van der Waals surface area (Å²) in [5, 5.41) is 7.26. The molecule has 4 nitrogen and oxygen atoms in total. The Morgan fingerprint density at radius 2 is 2.05 bits per heavy atom. The molecule has 0 atom stereocenters. The zero-order chi connectivity index (χ0) is 13.2. The van der Waals surface area contributed by atoms with E-state index in [9.17, 15) is 0 Å². The summed E-state index contributed by atoms with van der Waals surface area (Å²) in [6.07, 6.45) is 4.33.